The van der Waals surface area contributed by atoms with Gasteiger partial charge in [0.15, 0.2) is 5.05 Å². The summed E-state index contributed by atoms with van der Waals surface area (Å²) in [4.78, 5) is 22.6. The van der Waals surface area contributed by atoms with E-state index in [1.165, 1.54) is 0 Å². The zero-order chi connectivity index (χ0) is 36.0. The Hall–Kier alpha value is -1.91. The van der Waals surface area contributed by atoms with Gasteiger partial charge in [0.05, 0.1) is 42.2 Å². The minimum atomic E-state index is -3.05. The highest BCUT2D eigenvalue weighted by Gasteiger charge is 2.70. The number of fused-ring (bicyclic) bond motifs is 4. The van der Waals surface area contributed by atoms with Crippen LogP contribution in [0.5, 0.6) is 0 Å². The van der Waals surface area contributed by atoms with Crippen LogP contribution in [0.3, 0.4) is 0 Å². The van der Waals surface area contributed by atoms with E-state index in [0.717, 1.165) is 37.2 Å². The zero-order valence-electron chi connectivity index (χ0n) is 28.0. The number of carbonyl (C=O) groups is 2. The molecule has 0 aromatic heterocycles. The minimum absolute atomic E-state index is 0.0201. The summed E-state index contributed by atoms with van der Waals surface area (Å²) >= 11 is 5.08. The van der Waals surface area contributed by atoms with E-state index >= 15 is 0 Å². The molecule has 0 spiro atoms. The Morgan fingerprint density at radius 2 is 1.18 bits per heavy atom. The predicted octanol–water partition coefficient (Wildman–Crippen LogP) is 3.78. The fraction of sp³-hybridized carbons (Fsp3) is 0.861. The molecular weight excluding hydrogens is 700 g/mol. The highest BCUT2D eigenvalue weighted by atomic mass is 32.1. The Morgan fingerprint density at radius 3 is 1.73 bits per heavy atom. The quantitative estimate of drug-likeness (QED) is 0.165. The first-order chi connectivity index (χ1) is 24.0. The predicted molar refractivity (Wildman–Crippen MR) is 169 cm³/mol. The van der Waals surface area contributed by atoms with Gasteiger partial charge in [0.25, 0.3) is 0 Å². The molecule has 12 rings (SSSR count). The maximum Gasteiger partial charge on any atom is 0.359 e. The molecule has 4 saturated heterocycles. The van der Waals surface area contributed by atoms with Crippen molar-refractivity contribution in [2.75, 3.05) is 0 Å². The first-order valence-electron chi connectivity index (χ1n) is 18.5. The van der Waals surface area contributed by atoms with E-state index in [-0.39, 0.29) is 65.5 Å². The maximum absolute atomic E-state index is 13.5. The van der Waals surface area contributed by atoms with Crippen molar-refractivity contribution in [3.63, 3.8) is 0 Å². The van der Waals surface area contributed by atoms with Crippen LogP contribution in [0.4, 0.5) is 17.6 Å². The maximum atomic E-state index is 13.5. The smallest absolute Gasteiger partial charge is 0.359 e. The molecule has 8 saturated carbocycles. The molecule has 12 aliphatic rings. The molecule has 0 radical (unpaired) electrons. The highest BCUT2D eigenvalue weighted by molar-refractivity contribution is 7.80. The summed E-state index contributed by atoms with van der Waals surface area (Å²) in [6, 6.07) is 0. The summed E-state index contributed by atoms with van der Waals surface area (Å²) in [5, 5.41) is 29.4. The highest BCUT2D eigenvalue weighted by Crippen LogP contribution is 2.63. The van der Waals surface area contributed by atoms with Gasteiger partial charge in [-0.1, -0.05) is 6.58 Å². The number of aliphatic hydroxyl groups is 3. The lowest BCUT2D eigenvalue weighted by Crippen LogP contribution is -2.36. The number of alkyl halides is 4. The second-order valence-electron chi connectivity index (χ2n) is 17.2. The third-order valence-corrected chi connectivity index (χ3v) is 15.1. The molecule has 20 unspecified atom stereocenters. The number of hydrogen-bond acceptors (Lipinski definition) is 11. The van der Waals surface area contributed by atoms with E-state index in [2.05, 4.69) is 11.3 Å². The van der Waals surface area contributed by atoms with Crippen LogP contribution < -0.4 is 0 Å². The number of hydrogen-bond donors (Lipinski definition) is 3. The van der Waals surface area contributed by atoms with Gasteiger partial charge in [0.1, 0.15) is 24.4 Å². The second kappa shape index (κ2) is 11.8. The Kier molecular flexibility index (Phi) is 8.05. The molecule has 0 aromatic carbocycles. The van der Waals surface area contributed by atoms with Crippen molar-refractivity contribution in [1.82, 2.24) is 0 Å². The van der Waals surface area contributed by atoms with Crippen LogP contribution >= 0.6 is 12.2 Å². The molecule has 0 aromatic rings. The van der Waals surface area contributed by atoms with Crippen molar-refractivity contribution < 1.29 is 66.2 Å². The van der Waals surface area contributed by atoms with Crippen LogP contribution in [0.1, 0.15) is 58.3 Å². The number of esters is 2. The first-order valence-corrected chi connectivity index (χ1v) is 18.9. The number of aliphatic hydroxyl groups excluding tert-OH is 3. The molecule has 8 aliphatic carbocycles. The lowest BCUT2D eigenvalue weighted by molar-refractivity contribution is -0.249. The fourth-order valence-electron chi connectivity index (χ4n) is 12.4. The summed E-state index contributed by atoms with van der Waals surface area (Å²) < 4.78 is 78.0. The normalized spacial score (nSPS) is 54.4. The van der Waals surface area contributed by atoms with Gasteiger partial charge >= 0.3 is 24.2 Å². The number of rotatable bonds is 2. The molecule has 3 N–H and O–H groups in total. The van der Waals surface area contributed by atoms with Crippen LogP contribution in [0.15, 0.2) is 12.2 Å². The number of ether oxygens (including phenoxy) is 5. The molecule has 12 fully saturated rings. The molecule has 51 heavy (non-hydrogen) atoms. The summed E-state index contributed by atoms with van der Waals surface area (Å²) in [6.07, 6.45) is -2.74. The third-order valence-electron chi connectivity index (χ3n) is 14.7. The second-order valence-corrected chi connectivity index (χ2v) is 17.6. The lowest BCUT2D eigenvalue weighted by atomic mass is 9.87. The average molecular weight is 745 g/mol. The van der Waals surface area contributed by atoms with Gasteiger partial charge < -0.3 is 39.0 Å². The standard InChI is InChI=1S/C12H14F2O3.C8H10F2O2.C8H10O3.C8H10O2S/c1-5(2)11(15)16-9-6-3-7-8(4-6)12(13,14)17-10(7)9;9-8(10)5-2-3-1-4(5)7(12-8)6(3)11;9-6-3-1-4-5(2-3)8(10)11-7(4)6;9-6-3-1-4-5(2-3)8(11)10-7(4)6/h6-10H,1,3-4H2,2H3;3-7,11H,1-2H2;2*3-7,9H,1-2H2. The summed E-state index contributed by atoms with van der Waals surface area (Å²) in [6.45, 7) is 5.03. The van der Waals surface area contributed by atoms with Crippen LogP contribution in [0.2, 0.25) is 0 Å². The van der Waals surface area contributed by atoms with Crippen molar-refractivity contribution in [3.05, 3.63) is 12.2 Å². The first kappa shape index (κ1) is 34.8. The average Bonchev–Trinajstić information content (AvgIpc) is 3.91. The van der Waals surface area contributed by atoms with Crippen molar-refractivity contribution in [3.8, 4) is 0 Å². The molecule has 15 heteroatoms. The van der Waals surface area contributed by atoms with E-state index in [9.17, 15) is 42.5 Å². The van der Waals surface area contributed by atoms with E-state index in [4.69, 9.17) is 31.2 Å². The molecule has 4 aliphatic heterocycles. The van der Waals surface area contributed by atoms with Crippen molar-refractivity contribution in [2.45, 2.75) is 119 Å². The molecular formula is C36H44F4O10S. The van der Waals surface area contributed by atoms with Crippen molar-refractivity contribution in [2.24, 2.45) is 71.0 Å². The molecule has 4 heterocycles. The Bertz CT molecular complexity index is 1470. The summed E-state index contributed by atoms with van der Waals surface area (Å²) in [5.74, 6) is 0.340. The fourth-order valence-corrected chi connectivity index (χ4v) is 12.8. The van der Waals surface area contributed by atoms with Gasteiger partial charge in [0.2, 0.25) is 0 Å². The molecule has 8 bridgehead atoms. The summed E-state index contributed by atoms with van der Waals surface area (Å²) in [5.41, 5.74) is 0.286. The molecule has 20 atom stereocenters. The lowest BCUT2D eigenvalue weighted by Gasteiger charge is -2.25. The molecule has 282 valence electrons. The number of carbonyl (C=O) groups excluding carboxylic acids is 2. The van der Waals surface area contributed by atoms with Crippen LogP contribution in [-0.4, -0.2) is 93.4 Å². The van der Waals surface area contributed by atoms with E-state index < -0.39 is 54.4 Å². The van der Waals surface area contributed by atoms with Crippen molar-refractivity contribution >= 4 is 29.2 Å². The van der Waals surface area contributed by atoms with Gasteiger partial charge in [-0.05, 0) is 100 Å². The van der Waals surface area contributed by atoms with Crippen LogP contribution in [0.25, 0.3) is 0 Å². The SMILES string of the molecule is C=C(C)C(=O)OC1C2CC3C1OC(F)(F)C3C2.O=C1OC2C(O)C3CC1C2C3.OC1C2CC3C(=S)OC1C3C2.OC1C2CC3C1OC(F)(F)C3C2. The summed E-state index contributed by atoms with van der Waals surface area (Å²) in [7, 11) is 0. The van der Waals surface area contributed by atoms with Gasteiger partial charge in [-0.25, -0.2) is 4.79 Å². The van der Waals surface area contributed by atoms with Gasteiger partial charge in [-0.2, -0.15) is 17.6 Å². The molecule has 0 amide bonds. The largest absolute Gasteiger partial charge is 0.481 e. The topological polar surface area (TPSA) is 141 Å². The van der Waals surface area contributed by atoms with Gasteiger partial charge in [-0.15, -0.1) is 0 Å². The van der Waals surface area contributed by atoms with Gasteiger partial charge in [0, 0.05) is 29.2 Å². The van der Waals surface area contributed by atoms with E-state index in [0.29, 0.717) is 48.9 Å². The Morgan fingerprint density at radius 1 is 0.706 bits per heavy atom. The van der Waals surface area contributed by atoms with E-state index in [1.54, 1.807) is 6.92 Å². The molecule has 10 nitrogen and oxygen atoms in total. The Balaban J connectivity index is 0.0000000925. The number of halogens is 4. The van der Waals surface area contributed by atoms with Crippen LogP contribution in [-0.2, 0) is 33.3 Å². The number of thiocarbonyl (C=S) groups is 1. The van der Waals surface area contributed by atoms with Gasteiger partial charge in [-0.3, -0.25) is 4.79 Å². The monoisotopic (exact) mass is 744 g/mol. The zero-order valence-corrected chi connectivity index (χ0v) is 28.8. The minimum Gasteiger partial charge on any atom is -0.481 e. The van der Waals surface area contributed by atoms with E-state index in [1.807, 2.05) is 0 Å². The van der Waals surface area contributed by atoms with Crippen molar-refractivity contribution in [1.29, 1.82) is 0 Å². The van der Waals surface area contributed by atoms with Crippen LogP contribution in [0, 0.1) is 71.0 Å². The third kappa shape index (κ3) is 5.21. The Labute approximate surface area is 297 Å².